The van der Waals surface area contributed by atoms with Crippen LogP contribution in [0.25, 0.3) is 11.1 Å². The molecule has 1 N–H and O–H groups in total. The van der Waals surface area contributed by atoms with E-state index < -0.39 is 28.3 Å². The Morgan fingerprint density at radius 2 is 1.93 bits per heavy atom. The zero-order chi connectivity index (χ0) is 21.8. The Labute approximate surface area is 179 Å². The number of amides is 1. The number of benzene rings is 2. The van der Waals surface area contributed by atoms with Crippen molar-refractivity contribution in [3.63, 3.8) is 0 Å². The van der Waals surface area contributed by atoms with Crippen molar-refractivity contribution in [2.24, 2.45) is 0 Å². The maximum absolute atomic E-state index is 13.3. The van der Waals surface area contributed by atoms with Crippen LogP contribution >= 0.6 is 22.9 Å². The molecule has 0 aliphatic carbocycles. The highest BCUT2D eigenvalue weighted by Gasteiger charge is 2.24. The number of ether oxygens (including phenoxy) is 1. The van der Waals surface area contributed by atoms with E-state index in [9.17, 15) is 24.1 Å². The van der Waals surface area contributed by atoms with Crippen LogP contribution in [0, 0.1) is 15.9 Å². The van der Waals surface area contributed by atoms with Gasteiger partial charge in [-0.25, -0.2) is 9.18 Å². The topological polar surface area (TPSA) is 98.5 Å². The molecule has 0 aliphatic rings. The lowest BCUT2D eigenvalue weighted by Crippen LogP contribution is -2.15. The van der Waals surface area contributed by atoms with E-state index >= 15 is 0 Å². The summed E-state index contributed by atoms with van der Waals surface area (Å²) in [6.07, 6.45) is 0. The van der Waals surface area contributed by atoms with Gasteiger partial charge in [0.05, 0.1) is 11.5 Å². The highest BCUT2D eigenvalue weighted by atomic mass is 35.5. The van der Waals surface area contributed by atoms with Crippen molar-refractivity contribution in [2.75, 3.05) is 11.9 Å². The number of thiophene rings is 1. The summed E-state index contributed by atoms with van der Waals surface area (Å²) < 4.78 is 18.4. The first-order valence-corrected chi connectivity index (χ1v) is 9.87. The standard InChI is InChI=1S/C20H14ClFN2O5S/c1-2-29-20(26)17-14(11-3-6-13(22)7-4-11)10-30-19(17)23-18(25)12-5-8-15(21)16(9-12)24(27)28/h3-10H,2H2,1H3,(H,23,25). The molecule has 0 bridgehead atoms. The molecule has 1 heterocycles. The van der Waals surface area contributed by atoms with Gasteiger partial charge >= 0.3 is 5.97 Å². The van der Waals surface area contributed by atoms with Gasteiger partial charge in [-0.2, -0.15) is 0 Å². The summed E-state index contributed by atoms with van der Waals surface area (Å²) in [6.45, 7) is 1.77. The van der Waals surface area contributed by atoms with Crippen LogP contribution in [0.2, 0.25) is 5.02 Å². The van der Waals surface area contributed by atoms with Crippen LogP contribution in [0.5, 0.6) is 0 Å². The van der Waals surface area contributed by atoms with Gasteiger partial charge in [0.25, 0.3) is 11.6 Å². The van der Waals surface area contributed by atoms with E-state index in [0.717, 1.165) is 17.4 Å². The molecule has 0 atom stereocenters. The lowest BCUT2D eigenvalue weighted by molar-refractivity contribution is -0.384. The zero-order valence-corrected chi connectivity index (χ0v) is 17.1. The Hall–Kier alpha value is -3.30. The second kappa shape index (κ2) is 9.02. The lowest BCUT2D eigenvalue weighted by Gasteiger charge is -2.09. The molecule has 3 aromatic rings. The van der Waals surface area contributed by atoms with E-state index in [1.165, 1.54) is 36.4 Å². The number of nitro groups is 1. The number of carbonyl (C=O) groups is 2. The first-order chi connectivity index (χ1) is 14.3. The third-order valence-electron chi connectivity index (χ3n) is 4.06. The molecular weight excluding hydrogens is 435 g/mol. The van der Waals surface area contributed by atoms with E-state index in [1.54, 1.807) is 12.3 Å². The molecule has 0 unspecified atom stereocenters. The molecule has 2 aromatic carbocycles. The van der Waals surface area contributed by atoms with Gasteiger partial charge in [-0.3, -0.25) is 14.9 Å². The van der Waals surface area contributed by atoms with Gasteiger partial charge in [0.2, 0.25) is 0 Å². The van der Waals surface area contributed by atoms with Crippen molar-refractivity contribution in [3.05, 3.63) is 79.9 Å². The number of hydrogen-bond donors (Lipinski definition) is 1. The number of rotatable bonds is 6. The molecule has 7 nitrogen and oxygen atoms in total. The number of esters is 1. The largest absolute Gasteiger partial charge is 0.462 e. The van der Waals surface area contributed by atoms with Gasteiger partial charge in [-0.1, -0.05) is 23.7 Å². The zero-order valence-electron chi connectivity index (χ0n) is 15.5. The van der Waals surface area contributed by atoms with Crippen LogP contribution in [0.15, 0.2) is 47.8 Å². The number of nitro benzene ring substituents is 1. The fraction of sp³-hybridized carbons (Fsp3) is 0.100. The first-order valence-electron chi connectivity index (χ1n) is 8.61. The molecule has 1 aromatic heterocycles. The predicted molar refractivity (Wildman–Crippen MR) is 112 cm³/mol. The molecule has 0 radical (unpaired) electrons. The van der Waals surface area contributed by atoms with Crippen LogP contribution in [-0.2, 0) is 4.74 Å². The summed E-state index contributed by atoms with van der Waals surface area (Å²) in [7, 11) is 0. The molecule has 0 saturated carbocycles. The minimum Gasteiger partial charge on any atom is -0.462 e. The molecule has 0 spiro atoms. The minimum atomic E-state index is -0.694. The maximum Gasteiger partial charge on any atom is 0.341 e. The van der Waals surface area contributed by atoms with Crippen LogP contribution < -0.4 is 5.32 Å². The van der Waals surface area contributed by atoms with Gasteiger partial charge in [0, 0.05) is 22.6 Å². The first kappa shape index (κ1) is 21.4. The highest BCUT2D eigenvalue weighted by Crippen LogP contribution is 2.37. The van der Waals surface area contributed by atoms with Crippen molar-refractivity contribution in [1.82, 2.24) is 0 Å². The van der Waals surface area contributed by atoms with Gasteiger partial charge in [-0.15, -0.1) is 11.3 Å². The monoisotopic (exact) mass is 448 g/mol. The molecule has 30 heavy (non-hydrogen) atoms. The van der Waals surface area contributed by atoms with Crippen LogP contribution in [-0.4, -0.2) is 23.4 Å². The van der Waals surface area contributed by atoms with E-state index in [2.05, 4.69) is 5.32 Å². The Bertz CT molecular complexity index is 1130. The Morgan fingerprint density at radius 3 is 2.57 bits per heavy atom. The van der Waals surface area contributed by atoms with E-state index in [0.29, 0.717) is 11.1 Å². The quantitative estimate of drug-likeness (QED) is 0.303. The van der Waals surface area contributed by atoms with Gasteiger partial charge in [0.15, 0.2) is 0 Å². The second-order valence-corrected chi connectivity index (χ2v) is 7.25. The normalized spacial score (nSPS) is 10.5. The number of halogens is 2. The summed E-state index contributed by atoms with van der Waals surface area (Å²) >= 11 is 6.86. The van der Waals surface area contributed by atoms with Crippen molar-refractivity contribution < 1.29 is 23.6 Å². The molecule has 0 aliphatic heterocycles. The Morgan fingerprint density at radius 1 is 1.23 bits per heavy atom. The number of hydrogen-bond acceptors (Lipinski definition) is 6. The number of anilines is 1. The molecule has 10 heteroatoms. The van der Waals surface area contributed by atoms with E-state index in [1.807, 2.05) is 0 Å². The Kier molecular flexibility index (Phi) is 6.43. The van der Waals surface area contributed by atoms with Crippen LogP contribution in [0.1, 0.15) is 27.6 Å². The molecule has 0 saturated heterocycles. The molecule has 0 fully saturated rings. The van der Waals surface area contributed by atoms with Gasteiger partial charge < -0.3 is 10.1 Å². The smallest absolute Gasteiger partial charge is 0.341 e. The maximum atomic E-state index is 13.3. The lowest BCUT2D eigenvalue weighted by atomic mass is 10.0. The predicted octanol–water partition coefficient (Wildman–Crippen LogP) is 5.54. The molecule has 1 amide bonds. The van der Waals surface area contributed by atoms with Gasteiger partial charge in [0.1, 0.15) is 21.4 Å². The van der Waals surface area contributed by atoms with Crippen molar-refractivity contribution in [3.8, 4) is 11.1 Å². The number of nitrogens with zero attached hydrogens (tertiary/aromatic N) is 1. The third kappa shape index (κ3) is 4.47. The SMILES string of the molecule is CCOC(=O)c1c(-c2ccc(F)cc2)csc1NC(=O)c1ccc(Cl)c([N+](=O)[O-])c1. The fourth-order valence-corrected chi connectivity index (χ4v) is 3.81. The van der Waals surface area contributed by atoms with Gasteiger partial charge in [-0.05, 0) is 36.8 Å². The molecule has 154 valence electrons. The average molecular weight is 449 g/mol. The Balaban J connectivity index is 1.98. The summed E-state index contributed by atoms with van der Waals surface area (Å²) in [5, 5.41) is 15.4. The second-order valence-electron chi connectivity index (χ2n) is 5.96. The summed E-state index contributed by atoms with van der Waals surface area (Å²) in [5.41, 5.74) is 0.741. The van der Waals surface area contributed by atoms with Crippen LogP contribution in [0.4, 0.5) is 15.1 Å². The molecular formula is C20H14ClFN2O5S. The van der Waals surface area contributed by atoms with E-state index in [4.69, 9.17) is 16.3 Å². The fourth-order valence-electron chi connectivity index (χ4n) is 2.67. The minimum absolute atomic E-state index is 0.00218. The van der Waals surface area contributed by atoms with Crippen LogP contribution in [0.3, 0.4) is 0 Å². The summed E-state index contributed by atoms with van der Waals surface area (Å²) in [6, 6.07) is 9.17. The molecule has 3 rings (SSSR count). The summed E-state index contributed by atoms with van der Waals surface area (Å²) in [5.74, 6) is -1.74. The van der Waals surface area contributed by atoms with Crippen molar-refractivity contribution in [1.29, 1.82) is 0 Å². The van der Waals surface area contributed by atoms with Crippen molar-refractivity contribution >= 4 is 45.5 Å². The highest BCUT2D eigenvalue weighted by molar-refractivity contribution is 7.15. The third-order valence-corrected chi connectivity index (χ3v) is 5.27. The number of carbonyl (C=O) groups excluding carboxylic acids is 2. The van der Waals surface area contributed by atoms with E-state index in [-0.39, 0.29) is 27.8 Å². The average Bonchev–Trinajstić information content (AvgIpc) is 3.12. The summed E-state index contributed by atoms with van der Waals surface area (Å²) in [4.78, 5) is 35.6. The van der Waals surface area contributed by atoms with Crippen molar-refractivity contribution in [2.45, 2.75) is 6.92 Å². The number of nitrogens with one attached hydrogen (secondary N) is 1.